The number of hydrogen-bond acceptors (Lipinski definition) is 3. The predicted molar refractivity (Wildman–Crippen MR) is 77.5 cm³/mol. The van der Waals surface area contributed by atoms with E-state index in [4.69, 9.17) is 17.0 Å². The standard InChI is InChI=1S/C14H13N3OS/c1-9-7-12-13(15-8-9)17(14(19)16-12)10-3-5-11(18-2)6-4-10/h3-8H,1-2H3,(H,16,19). The van der Waals surface area contributed by atoms with E-state index in [2.05, 4.69) is 9.97 Å². The molecule has 3 rings (SSSR count). The number of nitrogens with zero attached hydrogens (tertiary/aromatic N) is 2. The molecule has 0 radical (unpaired) electrons. The van der Waals surface area contributed by atoms with Crippen LogP contribution >= 0.6 is 12.2 Å². The topological polar surface area (TPSA) is 42.8 Å². The number of aromatic amines is 1. The van der Waals surface area contributed by atoms with E-state index in [9.17, 15) is 0 Å². The average Bonchev–Trinajstić information content (AvgIpc) is 2.74. The number of ether oxygens (including phenoxy) is 1. The largest absolute Gasteiger partial charge is 0.497 e. The number of aryl methyl sites for hydroxylation is 1. The first-order valence-corrected chi connectivity index (χ1v) is 6.31. The van der Waals surface area contributed by atoms with E-state index in [1.165, 1.54) is 0 Å². The molecule has 0 atom stereocenters. The lowest BCUT2D eigenvalue weighted by molar-refractivity contribution is 0.415. The van der Waals surface area contributed by atoms with E-state index in [0.29, 0.717) is 4.77 Å². The third-order valence-corrected chi connectivity index (χ3v) is 3.28. The number of imidazole rings is 1. The normalized spacial score (nSPS) is 10.8. The van der Waals surface area contributed by atoms with Crippen molar-refractivity contribution >= 4 is 23.4 Å². The zero-order valence-corrected chi connectivity index (χ0v) is 11.5. The van der Waals surface area contributed by atoms with Gasteiger partial charge in [0, 0.05) is 6.20 Å². The summed E-state index contributed by atoms with van der Waals surface area (Å²) < 4.78 is 7.72. The van der Waals surface area contributed by atoms with Crippen LogP contribution in [-0.2, 0) is 0 Å². The Morgan fingerprint density at radius 3 is 2.68 bits per heavy atom. The lowest BCUT2D eigenvalue weighted by Crippen LogP contribution is -1.95. The summed E-state index contributed by atoms with van der Waals surface area (Å²) >= 11 is 5.38. The van der Waals surface area contributed by atoms with Gasteiger partial charge in [-0.2, -0.15) is 0 Å². The van der Waals surface area contributed by atoms with Crippen LogP contribution in [0.15, 0.2) is 36.5 Å². The second-order valence-electron chi connectivity index (χ2n) is 4.35. The number of fused-ring (bicyclic) bond motifs is 1. The van der Waals surface area contributed by atoms with E-state index >= 15 is 0 Å². The molecule has 5 heteroatoms. The van der Waals surface area contributed by atoms with Gasteiger partial charge in [0.15, 0.2) is 10.4 Å². The molecule has 0 saturated heterocycles. The minimum absolute atomic E-state index is 0.637. The first-order chi connectivity index (χ1) is 9.19. The fraction of sp³-hybridized carbons (Fsp3) is 0.143. The van der Waals surface area contributed by atoms with Gasteiger partial charge in [0.05, 0.1) is 18.3 Å². The SMILES string of the molecule is COc1ccc(-n2c(=S)[nH]c3cc(C)cnc32)cc1. The van der Waals surface area contributed by atoms with Crippen LogP contribution in [0.4, 0.5) is 0 Å². The maximum Gasteiger partial charge on any atom is 0.183 e. The Labute approximate surface area is 115 Å². The average molecular weight is 271 g/mol. The van der Waals surface area contributed by atoms with E-state index in [1.807, 2.05) is 48.0 Å². The molecule has 1 aromatic carbocycles. The number of pyridine rings is 1. The van der Waals surface area contributed by atoms with Crippen LogP contribution in [0.3, 0.4) is 0 Å². The zero-order chi connectivity index (χ0) is 13.4. The number of nitrogens with one attached hydrogen (secondary N) is 1. The molecular formula is C14H13N3OS. The van der Waals surface area contributed by atoms with Gasteiger partial charge in [-0.1, -0.05) is 0 Å². The molecule has 96 valence electrons. The Hall–Kier alpha value is -2.14. The third kappa shape index (κ3) is 2.02. The van der Waals surface area contributed by atoms with Crippen LogP contribution in [0.5, 0.6) is 5.75 Å². The number of aromatic nitrogens is 3. The van der Waals surface area contributed by atoms with Gasteiger partial charge < -0.3 is 9.72 Å². The Kier molecular flexibility index (Phi) is 2.83. The summed E-state index contributed by atoms with van der Waals surface area (Å²) in [5.74, 6) is 0.818. The van der Waals surface area contributed by atoms with Crippen LogP contribution in [0.25, 0.3) is 16.9 Å². The molecule has 0 aliphatic rings. The number of rotatable bonds is 2. The van der Waals surface area contributed by atoms with Gasteiger partial charge in [-0.15, -0.1) is 0 Å². The van der Waals surface area contributed by atoms with Crippen molar-refractivity contribution in [2.75, 3.05) is 7.11 Å². The summed E-state index contributed by atoms with van der Waals surface area (Å²) in [6, 6.07) is 9.78. The number of hydrogen-bond donors (Lipinski definition) is 1. The highest BCUT2D eigenvalue weighted by molar-refractivity contribution is 7.71. The molecule has 0 saturated carbocycles. The summed E-state index contributed by atoms with van der Waals surface area (Å²) in [5.41, 5.74) is 3.85. The van der Waals surface area contributed by atoms with Crippen molar-refractivity contribution in [1.29, 1.82) is 0 Å². The second kappa shape index (κ2) is 4.51. The fourth-order valence-corrected chi connectivity index (χ4v) is 2.37. The van der Waals surface area contributed by atoms with Crippen LogP contribution in [0, 0.1) is 11.7 Å². The monoisotopic (exact) mass is 271 g/mol. The summed E-state index contributed by atoms with van der Waals surface area (Å²) in [5, 5.41) is 0. The molecule has 0 bridgehead atoms. The molecule has 1 N–H and O–H groups in total. The zero-order valence-electron chi connectivity index (χ0n) is 10.7. The van der Waals surface area contributed by atoms with Gasteiger partial charge in [0.1, 0.15) is 5.75 Å². The molecule has 0 fully saturated rings. The van der Waals surface area contributed by atoms with Crippen LogP contribution < -0.4 is 4.74 Å². The molecule has 0 spiro atoms. The molecule has 0 unspecified atom stereocenters. The van der Waals surface area contributed by atoms with Crippen molar-refractivity contribution in [3.05, 3.63) is 46.9 Å². The van der Waals surface area contributed by atoms with Gasteiger partial charge in [-0.05, 0) is 55.0 Å². The van der Waals surface area contributed by atoms with Crippen molar-refractivity contribution in [3.8, 4) is 11.4 Å². The predicted octanol–water partition coefficient (Wildman–Crippen LogP) is 3.40. The maximum absolute atomic E-state index is 5.38. The molecule has 2 aromatic heterocycles. The third-order valence-electron chi connectivity index (χ3n) is 2.99. The van der Waals surface area contributed by atoms with Gasteiger partial charge in [0.25, 0.3) is 0 Å². The van der Waals surface area contributed by atoms with E-state index in [-0.39, 0.29) is 0 Å². The fourth-order valence-electron chi connectivity index (χ4n) is 2.07. The Balaban J connectivity index is 2.23. The number of methoxy groups -OCH3 is 1. The molecule has 19 heavy (non-hydrogen) atoms. The van der Waals surface area contributed by atoms with Crippen LogP contribution in [0.1, 0.15) is 5.56 Å². The highest BCUT2D eigenvalue weighted by Crippen LogP contribution is 2.20. The van der Waals surface area contributed by atoms with E-state index < -0.39 is 0 Å². The van der Waals surface area contributed by atoms with E-state index in [1.54, 1.807) is 7.11 Å². The molecule has 2 heterocycles. The first-order valence-electron chi connectivity index (χ1n) is 5.91. The van der Waals surface area contributed by atoms with Crippen LogP contribution in [-0.4, -0.2) is 21.6 Å². The highest BCUT2D eigenvalue weighted by Gasteiger charge is 2.07. The molecular weight excluding hydrogens is 258 g/mol. The van der Waals surface area contributed by atoms with Gasteiger partial charge >= 0.3 is 0 Å². The molecule has 3 aromatic rings. The van der Waals surface area contributed by atoms with E-state index in [0.717, 1.165) is 28.2 Å². The molecule has 4 nitrogen and oxygen atoms in total. The minimum Gasteiger partial charge on any atom is -0.497 e. The summed E-state index contributed by atoms with van der Waals surface area (Å²) in [6.45, 7) is 2.01. The summed E-state index contributed by atoms with van der Waals surface area (Å²) in [6.07, 6.45) is 1.84. The van der Waals surface area contributed by atoms with Crippen molar-refractivity contribution in [2.45, 2.75) is 6.92 Å². The van der Waals surface area contributed by atoms with Gasteiger partial charge in [0.2, 0.25) is 0 Å². The van der Waals surface area contributed by atoms with Crippen molar-refractivity contribution in [2.24, 2.45) is 0 Å². The number of benzene rings is 1. The first kappa shape index (κ1) is 11.9. The maximum atomic E-state index is 5.38. The van der Waals surface area contributed by atoms with Crippen LogP contribution in [0.2, 0.25) is 0 Å². The quantitative estimate of drug-likeness (QED) is 0.726. The lowest BCUT2D eigenvalue weighted by Gasteiger charge is -2.05. The smallest absolute Gasteiger partial charge is 0.183 e. The Morgan fingerprint density at radius 1 is 1.26 bits per heavy atom. The summed E-state index contributed by atoms with van der Waals surface area (Å²) in [7, 11) is 1.65. The van der Waals surface area contributed by atoms with Crippen molar-refractivity contribution < 1.29 is 4.74 Å². The molecule has 0 amide bonds. The Morgan fingerprint density at radius 2 is 2.00 bits per heavy atom. The minimum atomic E-state index is 0.637. The van der Waals surface area contributed by atoms with Crippen molar-refractivity contribution in [1.82, 2.24) is 14.5 Å². The lowest BCUT2D eigenvalue weighted by atomic mass is 10.3. The van der Waals surface area contributed by atoms with Gasteiger partial charge in [-0.25, -0.2) is 4.98 Å². The highest BCUT2D eigenvalue weighted by atomic mass is 32.1. The molecule has 0 aliphatic carbocycles. The van der Waals surface area contributed by atoms with Crippen molar-refractivity contribution in [3.63, 3.8) is 0 Å². The second-order valence-corrected chi connectivity index (χ2v) is 4.73. The van der Waals surface area contributed by atoms with Gasteiger partial charge in [-0.3, -0.25) is 4.57 Å². The summed E-state index contributed by atoms with van der Waals surface area (Å²) in [4.78, 5) is 7.63. The number of H-pyrrole nitrogens is 1. The Bertz CT molecular complexity index is 787. The molecule has 0 aliphatic heterocycles.